The number of nitrogens with zero attached hydrogens (tertiary/aromatic N) is 1. The first-order chi connectivity index (χ1) is 9.78. The van der Waals surface area contributed by atoms with Crippen molar-refractivity contribution in [3.05, 3.63) is 29.6 Å². The van der Waals surface area contributed by atoms with Crippen molar-refractivity contribution in [3.63, 3.8) is 0 Å². The molecule has 1 amide bonds. The highest BCUT2D eigenvalue weighted by atomic mass is 32.2. The van der Waals surface area contributed by atoms with Crippen LogP contribution in [-0.2, 0) is 14.8 Å². The summed E-state index contributed by atoms with van der Waals surface area (Å²) in [6.07, 6.45) is 0.148. The summed E-state index contributed by atoms with van der Waals surface area (Å²) in [5, 5.41) is 2.48. The van der Waals surface area contributed by atoms with Gasteiger partial charge >= 0.3 is 0 Å². The van der Waals surface area contributed by atoms with Crippen molar-refractivity contribution in [3.8, 4) is 0 Å². The summed E-state index contributed by atoms with van der Waals surface area (Å²) in [6, 6.07) is -0.463. The monoisotopic (exact) mass is 322 g/mol. The SMILES string of the molecule is CCC1C(=O)NCCN1S(=O)(=O)c1c(F)cc(F)cc1F. The number of rotatable bonds is 3. The molecule has 1 aliphatic heterocycles. The van der Waals surface area contributed by atoms with Gasteiger partial charge in [-0.05, 0) is 6.42 Å². The van der Waals surface area contributed by atoms with Crippen LogP contribution in [0, 0.1) is 17.5 Å². The highest BCUT2D eigenvalue weighted by molar-refractivity contribution is 7.89. The van der Waals surface area contributed by atoms with Crippen molar-refractivity contribution >= 4 is 15.9 Å². The zero-order valence-corrected chi connectivity index (χ0v) is 11.9. The predicted molar refractivity (Wildman–Crippen MR) is 67.3 cm³/mol. The van der Waals surface area contributed by atoms with E-state index < -0.39 is 44.3 Å². The molecule has 0 aromatic heterocycles. The molecule has 21 heavy (non-hydrogen) atoms. The molecule has 0 aliphatic carbocycles. The fourth-order valence-electron chi connectivity index (χ4n) is 2.26. The Bertz CT molecular complexity index is 655. The van der Waals surface area contributed by atoms with Gasteiger partial charge in [0.25, 0.3) is 0 Å². The molecule has 116 valence electrons. The second kappa shape index (κ2) is 5.64. The minimum atomic E-state index is -4.58. The molecular formula is C12H13F3N2O3S. The molecule has 1 heterocycles. The molecule has 2 rings (SSSR count). The van der Waals surface area contributed by atoms with Crippen LogP contribution in [-0.4, -0.2) is 37.8 Å². The van der Waals surface area contributed by atoms with Crippen LogP contribution in [0.2, 0.25) is 0 Å². The first kappa shape index (κ1) is 15.8. The first-order valence-corrected chi connectivity index (χ1v) is 7.67. The Morgan fingerprint density at radius 2 is 1.86 bits per heavy atom. The van der Waals surface area contributed by atoms with Crippen molar-refractivity contribution in [1.29, 1.82) is 0 Å². The van der Waals surface area contributed by atoms with Gasteiger partial charge in [0.1, 0.15) is 23.5 Å². The summed E-state index contributed by atoms with van der Waals surface area (Å²) in [5.74, 6) is -4.79. The Labute approximate surface area is 119 Å². The minimum absolute atomic E-state index is 0.0407. The maximum Gasteiger partial charge on any atom is 0.249 e. The molecule has 0 bridgehead atoms. The van der Waals surface area contributed by atoms with E-state index >= 15 is 0 Å². The molecule has 0 spiro atoms. The summed E-state index contributed by atoms with van der Waals surface area (Å²) in [7, 11) is -4.58. The Balaban J connectivity index is 2.54. The Kier molecular flexibility index (Phi) is 4.24. The first-order valence-electron chi connectivity index (χ1n) is 6.23. The van der Waals surface area contributed by atoms with E-state index in [-0.39, 0.29) is 19.5 Å². The van der Waals surface area contributed by atoms with Gasteiger partial charge < -0.3 is 5.32 Å². The third-order valence-electron chi connectivity index (χ3n) is 3.20. The molecule has 0 radical (unpaired) electrons. The second-order valence-electron chi connectivity index (χ2n) is 4.53. The number of piperazine rings is 1. The van der Waals surface area contributed by atoms with Crippen LogP contribution in [0.4, 0.5) is 13.2 Å². The number of hydrogen-bond acceptors (Lipinski definition) is 3. The van der Waals surface area contributed by atoms with Gasteiger partial charge in [-0.2, -0.15) is 4.31 Å². The average Bonchev–Trinajstić information content (AvgIpc) is 2.36. The molecule has 5 nitrogen and oxygen atoms in total. The van der Waals surface area contributed by atoms with E-state index in [1.165, 1.54) is 0 Å². The van der Waals surface area contributed by atoms with Crippen LogP contribution in [0.15, 0.2) is 17.0 Å². The van der Waals surface area contributed by atoms with E-state index in [9.17, 15) is 26.4 Å². The largest absolute Gasteiger partial charge is 0.353 e. The zero-order valence-electron chi connectivity index (χ0n) is 11.1. The number of amides is 1. The van der Waals surface area contributed by atoms with Crippen LogP contribution >= 0.6 is 0 Å². The Morgan fingerprint density at radius 1 is 1.29 bits per heavy atom. The molecule has 1 saturated heterocycles. The molecule has 1 fully saturated rings. The van der Waals surface area contributed by atoms with Crippen molar-refractivity contribution in [2.24, 2.45) is 0 Å². The molecule has 1 atom stereocenters. The van der Waals surface area contributed by atoms with Gasteiger partial charge in [0.2, 0.25) is 15.9 Å². The van der Waals surface area contributed by atoms with Gasteiger partial charge in [-0.15, -0.1) is 0 Å². The molecule has 1 unspecified atom stereocenters. The van der Waals surface area contributed by atoms with Gasteiger partial charge in [-0.25, -0.2) is 21.6 Å². The van der Waals surface area contributed by atoms with Crippen LogP contribution in [0.3, 0.4) is 0 Å². The van der Waals surface area contributed by atoms with Crippen molar-refractivity contribution in [2.45, 2.75) is 24.3 Å². The molecule has 1 aromatic rings. The lowest BCUT2D eigenvalue weighted by Crippen LogP contribution is -2.56. The Hall–Kier alpha value is -1.61. The van der Waals surface area contributed by atoms with Gasteiger partial charge in [-0.1, -0.05) is 6.92 Å². The molecule has 1 aliphatic rings. The summed E-state index contributed by atoms with van der Waals surface area (Å²) in [4.78, 5) is 10.4. The number of carbonyl (C=O) groups is 1. The zero-order chi connectivity index (χ0) is 15.8. The third kappa shape index (κ3) is 2.75. The number of halogens is 3. The van der Waals surface area contributed by atoms with Gasteiger partial charge in [0.15, 0.2) is 4.90 Å². The lowest BCUT2D eigenvalue weighted by atomic mass is 10.2. The van der Waals surface area contributed by atoms with E-state index in [0.29, 0.717) is 12.1 Å². The van der Waals surface area contributed by atoms with Crippen LogP contribution < -0.4 is 5.32 Å². The highest BCUT2D eigenvalue weighted by Crippen LogP contribution is 2.26. The summed E-state index contributed by atoms with van der Waals surface area (Å²) in [6.45, 7) is 1.51. The third-order valence-corrected chi connectivity index (χ3v) is 5.16. The lowest BCUT2D eigenvalue weighted by molar-refractivity contribution is -0.126. The second-order valence-corrected chi connectivity index (χ2v) is 6.36. The van der Waals surface area contributed by atoms with E-state index in [2.05, 4.69) is 5.32 Å². The number of sulfonamides is 1. The van der Waals surface area contributed by atoms with Crippen LogP contribution in [0.1, 0.15) is 13.3 Å². The molecule has 1 aromatic carbocycles. The number of carbonyl (C=O) groups excluding carboxylic acids is 1. The smallest absolute Gasteiger partial charge is 0.249 e. The highest BCUT2D eigenvalue weighted by Gasteiger charge is 2.40. The predicted octanol–water partition coefficient (Wildman–Crippen LogP) is 1.00. The standard InChI is InChI=1S/C12H13F3N2O3S/c1-2-10-12(18)16-3-4-17(10)21(19,20)11-8(14)5-7(13)6-9(11)15/h5-6,10H,2-4H2,1H3,(H,16,18). The summed E-state index contributed by atoms with van der Waals surface area (Å²) >= 11 is 0. The van der Waals surface area contributed by atoms with Crippen molar-refractivity contribution in [1.82, 2.24) is 9.62 Å². The van der Waals surface area contributed by atoms with E-state index in [4.69, 9.17) is 0 Å². The Morgan fingerprint density at radius 3 is 2.38 bits per heavy atom. The van der Waals surface area contributed by atoms with E-state index in [0.717, 1.165) is 4.31 Å². The molecule has 1 N–H and O–H groups in total. The quantitative estimate of drug-likeness (QED) is 0.903. The fourth-order valence-corrected chi connectivity index (χ4v) is 4.02. The summed E-state index contributed by atoms with van der Waals surface area (Å²) < 4.78 is 65.8. The fraction of sp³-hybridized carbons (Fsp3) is 0.417. The van der Waals surface area contributed by atoms with E-state index in [1.807, 2.05) is 0 Å². The van der Waals surface area contributed by atoms with Gasteiger partial charge in [0, 0.05) is 25.2 Å². The molecular weight excluding hydrogens is 309 g/mol. The van der Waals surface area contributed by atoms with Crippen molar-refractivity contribution < 1.29 is 26.4 Å². The topological polar surface area (TPSA) is 66.5 Å². The molecule has 9 heteroatoms. The minimum Gasteiger partial charge on any atom is -0.353 e. The lowest BCUT2D eigenvalue weighted by Gasteiger charge is -2.33. The van der Waals surface area contributed by atoms with Gasteiger partial charge in [-0.3, -0.25) is 4.79 Å². The number of benzene rings is 1. The molecule has 0 saturated carbocycles. The normalized spacial score (nSPS) is 20.4. The van der Waals surface area contributed by atoms with Gasteiger partial charge in [0.05, 0.1) is 0 Å². The summed E-state index contributed by atoms with van der Waals surface area (Å²) in [5.41, 5.74) is 0. The average molecular weight is 322 g/mol. The van der Waals surface area contributed by atoms with E-state index in [1.54, 1.807) is 6.92 Å². The van der Waals surface area contributed by atoms with Crippen LogP contribution in [0.25, 0.3) is 0 Å². The van der Waals surface area contributed by atoms with Crippen molar-refractivity contribution in [2.75, 3.05) is 13.1 Å². The number of hydrogen-bond donors (Lipinski definition) is 1. The van der Waals surface area contributed by atoms with Crippen LogP contribution in [0.5, 0.6) is 0 Å². The number of nitrogens with one attached hydrogen (secondary N) is 1. The maximum atomic E-state index is 13.7. The maximum absolute atomic E-state index is 13.7.